The molecule has 0 aliphatic heterocycles. The van der Waals surface area contributed by atoms with Gasteiger partial charge in [-0.25, -0.2) is 4.79 Å². The quantitative estimate of drug-likeness (QED) is 0.590. The topological polar surface area (TPSA) is 64.3 Å². The van der Waals surface area contributed by atoms with Crippen molar-refractivity contribution in [1.82, 2.24) is 0 Å². The number of hydrogen-bond acceptors (Lipinski definition) is 4. The number of carbonyl (C=O) groups is 1. The molecule has 0 aliphatic carbocycles. The zero-order valence-electron chi connectivity index (χ0n) is 12.9. The van der Waals surface area contributed by atoms with Crippen LogP contribution >= 0.6 is 0 Å². The molecule has 1 aromatic carbocycles. The first kappa shape index (κ1) is 16.3. The van der Waals surface area contributed by atoms with Gasteiger partial charge in [-0.2, -0.15) is 0 Å². The molecule has 0 saturated heterocycles. The Morgan fingerprint density at radius 3 is 2.65 bits per heavy atom. The first-order chi connectivity index (χ1) is 9.47. The monoisotopic (exact) mass is 278 g/mol. The summed E-state index contributed by atoms with van der Waals surface area (Å²) in [5.74, 6) is 0.305. The highest BCUT2D eigenvalue weighted by atomic mass is 16.5. The summed E-state index contributed by atoms with van der Waals surface area (Å²) < 4.78 is 5.00. The number of hydrogen-bond donors (Lipinski definition) is 2. The van der Waals surface area contributed by atoms with Crippen LogP contribution in [-0.2, 0) is 4.74 Å². The van der Waals surface area contributed by atoms with Gasteiger partial charge in [0.15, 0.2) is 0 Å². The fourth-order valence-corrected chi connectivity index (χ4v) is 2.15. The fourth-order valence-electron chi connectivity index (χ4n) is 2.15. The van der Waals surface area contributed by atoms with Crippen molar-refractivity contribution in [2.24, 2.45) is 5.92 Å². The number of nitrogens with one attached hydrogen (secondary N) is 1. The van der Waals surface area contributed by atoms with Crippen molar-refractivity contribution in [1.29, 1.82) is 0 Å². The SMILES string of the molecule is CCOC(=O)c1cc(NC(C)CC(C)CC)ccc1N. The Kier molecular flexibility index (Phi) is 6.36. The Bertz CT molecular complexity index is 446. The van der Waals surface area contributed by atoms with Crippen LogP contribution in [-0.4, -0.2) is 18.6 Å². The Morgan fingerprint density at radius 1 is 1.35 bits per heavy atom. The number of anilines is 2. The molecule has 2 atom stereocenters. The Labute approximate surface area is 121 Å². The van der Waals surface area contributed by atoms with Crippen LogP contribution in [0.1, 0.15) is 50.9 Å². The minimum Gasteiger partial charge on any atom is -0.462 e. The Hall–Kier alpha value is -1.71. The summed E-state index contributed by atoms with van der Waals surface area (Å²) in [6.45, 7) is 8.71. The van der Waals surface area contributed by atoms with Crippen LogP contribution in [0, 0.1) is 5.92 Å². The molecule has 0 bridgehead atoms. The number of esters is 1. The average molecular weight is 278 g/mol. The van der Waals surface area contributed by atoms with Crippen LogP contribution in [0.3, 0.4) is 0 Å². The van der Waals surface area contributed by atoms with Gasteiger partial charge in [0, 0.05) is 17.4 Å². The Balaban J connectivity index is 2.77. The minimum atomic E-state index is -0.372. The van der Waals surface area contributed by atoms with Crippen LogP contribution in [0.4, 0.5) is 11.4 Å². The number of rotatable bonds is 7. The summed E-state index contributed by atoms with van der Waals surface area (Å²) in [6.07, 6.45) is 2.26. The maximum Gasteiger partial charge on any atom is 0.340 e. The molecule has 0 fully saturated rings. The zero-order chi connectivity index (χ0) is 15.1. The van der Waals surface area contributed by atoms with Crippen LogP contribution in [0.15, 0.2) is 18.2 Å². The van der Waals surface area contributed by atoms with E-state index in [4.69, 9.17) is 10.5 Å². The fraction of sp³-hybridized carbons (Fsp3) is 0.562. The van der Waals surface area contributed by atoms with E-state index in [9.17, 15) is 4.79 Å². The second kappa shape index (κ2) is 7.78. The van der Waals surface area contributed by atoms with Gasteiger partial charge >= 0.3 is 5.97 Å². The van der Waals surface area contributed by atoms with Crippen LogP contribution in [0.2, 0.25) is 0 Å². The minimum absolute atomic E-state index is 0.348. The average Bonchev–Trinajstić information content (AvgIpc) is 2.40. The largest absolute Gasteiger partial charge is 0.462 e. The molecule has 4 heteroatoms. The third-order valence-electron chi connectivity index (χ3n) is 3.41. The maximum atomic E-state index is 11.8. The highest BCUT2D eigenvalue weighted by Crippen LogP contribution is 2.21. The van der Waals surface area contributed by atoms with Crippen molar-refractivity contribution in [3.8, 4) is 0 Å². The van der Waals surface area contributed by atoms with Crippen molar-refractivity contribution >= 4 is 17.3 Å². The molecule has 2 unspecified atom stereocenters. The number of ether oxygens (including phenoxy) is 1. The van der Waals surface area contributed by atoms with Gasteiger partial charge in [-0.05, 0) is 44.4 Å². The predicted octanol–water partition coefficient (Wildman–Crippen LogP) is 3.68. The summed E-state index contributed by atoms with van der Waals surface area (Å²) in [6, 6.07) is 5.75. The number of carbonyl (C=O) groups excluding carboxylic acids is 1. The summed E-state index contributed by atoms with van der Waals surface area (Å²) in [5, 5.41) is 3.41. The molecule has 0 amide bonds. The first-order valence-electron chi connectivity index (χ1n) is 7.31. The molecule has 0 radical (unpaired) electrons. The van der Waals surface area contributed by atoms with E-state index in [0.29, 0.717) is 29.8 Å². The Morgan fingerprint density at radius 2 is 2.05 bits per heavy atom. The molecular weight excluding hydrogens is 252 g/mol. The van der Waals surface area contributed by atoms with Crippen molar-refractivity contribution in [2.75, 3.05) is 17.7 Å². The van der Waals surface area contributed by atoms with Gasteiger partial charge in [0.1, 0.15) is 0 Å². The van der Waals surface area contributed by atoms with E-state index in [0.717, 1.165) is 12.1 Å². The second-order valence-electron chi connectivity index (χ2n) is 5.32. The van der Waals surface area contributed by atoms with Gasteiger partial charge in [-0.1, -0.05) is 20.3 Å². The molecule has 0 aromatic heterocycles. The normalized spacial score (nSPS) is 13.6. The lowest BCUT2D eigenvalue weighted by Gasteiger charge is -2.19. The standard InChI is InChI=1S/C16H26N2O2/c1-5-11(3)9-12(4)18-13-7-8-15(17)14(10-13)16(19)20-6-2/h7-8,10-12,18H,5-6,9,17H2,1-4H3. The van der Waals surface area contributed by atoms with E-state index >= 15 is 0 Å². The highest BCUT2D eigenvalue weighted by Gasteiger charge is 2.13. The lowest BCUT2D eigenvalue weighted by molar-refractivity contribution is 0.0527. The lowest BCUT2D eigenvalue weighted by Crippen LogP contribution is -2.18. The molecule has 0 heterocycles. The third-order valence-corrected chi connectivity index (χ3v) is 3.41. The number of nitrogen functional groups attached to an aromatic ring is 1. The van der Waals surface area contributed by atoms with E-state index in [1.165, 1.54) is 6.42 Å². The summed E-state index contributed by atoms with van der Waals surface area (Å²) in [4.78, 5) is 11.8. The number of benzene rings is 1. The van der Waals surface area contributed by atoms with Gasteiger partial charge in [0.2, 0.25) is 0 Å². The van der Waals surface area contributed by atoms with Crippen LogP contribution in [0.5, 0.6) is 0 Å². The van der Waals surface area contributed by atoms with Crippen molar-refractivity contribution in [3.63, 3.8) is 0 Å². The van der Waals surface area contributed by atoms with Crippen LogP contribution < -0.4 is 11.1 Å². The zero-order valence-corrected chi connectivity index (χ0v) is 12.9. The molecule has 112 valence electrons. The van der Waals surface area contributed by atoms with Gasteiger partial charge < -0.3 is 15.8 Å². The van der Waals surface area contributed by atoms with E-state index < -0.39 is 0 Å². The van der Waals surface area contributed by atoms with Gasteiger partial charge in [0.05, 0.1) is 12.2 Å². The van der Waals surface area contributed by atoms with Crippen molar-refractivity contribution in [3.05, 3.63) is 23.8 Å². The summed E-state index contributed by atoms with van der Waals surface area (Å²) >= 11 is 0. The molecular formula is C16H26N2O2. The van der Waals surface area contributed by atoms with E-state index in [-0.39, 0.29) is 5.97 Å². The van der Waals surface area contributed by atoms with Gasteiger partial charge in [-0.3, -0.25) is 0 Å². The highest BCUT2D eigenvalue weighted by molar-refractivity contribution is 5.96. The molecule has 1 rings (SSSR count). The van der Waals surface area contributed by atoms with E-state index in [1.807, 2.05) is 6.07 Å². The van der Waals surface area contributed by atoms with E-state index in [1.54, 1.807) is 19.1 Å². The first-order valence-corrected chi connectivity index (χ1v) is 7.31. The van der Waals surface area contributed by atoms with Crippen molar-refractivity contribution in [2.45, 2.75) is 46.6 Å². The molecule has 0 aliphatic rings. The van der Waals surface area contributed by atoms with Gasteiger partial charge in [0.25, 0.3) is 0 Å². The smallest absolute Gasteiger partial charge is 0.340 e. The maximum absolute atomic E-state index is 11.8. The van der Waals surface area contributed by atoms with E-state index in [2.05, 4.69) is 26.1 Å². The lowest BCUT2D eigenvalue weighted by atomic mass is 10.00. The van der Waals surface area contributed by atoms with Gasteiger partial charge in [-0.15, -0.1) is 0 Å². The van der Waals surface area contributed by atoms with Crippen molar-refractivity contribution < 1.29 is 9.53 Å². The number of nitrogens with two attached hydrogens (primary N) is 1. The third kappa shape index (κ3) is 4.76. The second-order valence-corrected chi connectivity index (χ2v) is 5.32. The molecule has 1 aromatic rings. The van der Waals surface area contributed by atoms with Crippen LogP contribution in [0.25, 0.3) is 0 Å². The molecule has 0 spiro atoms. The summed E-state index contributed by atoms with van der Waals surface area (Å²) in [5.41, 5.74) is 7.60. The molecule has 4 nitrogen and oxygen atoms in total. The molecule has 0 saturated carbocycles. The predicted molar refractivity (Wildman–Crippen MR) is 84.0 cm³/mol. The molecule has 3 N–H and O–H groups in total. The summed E-state index contributed by atoms with van der Waals surface area (Å²) in [7, 11) is 0. The molecule has 20 heavy (non-hydrogen) atoms.